The fourth-order valence-electron chi connectivity index (χ4n) is 2.02. The quantitative estimate of drug-likeness (QED) is 0.444. The summed E-state index contributed by atoms with van der Waals surface area (Å²) < 4.78 is 5.12. The van der Waals surface area contributed by atoms with E-state index in [9.17, 15) is 4.79 Å². The topological polar surface area (TPSA) is 46.5 Å². The largest absolute Gasteiger partial charge is 0.465 e. The molecule has 2 atom stereocenters. The van der Waals surface area contributed by atoms with Crippen LogP contribution in [0, 0.1) is 11.8 Å². The van der Waals surface area contributed by atoms with Crippen LogP contribution >= 0.6 is 22.5 Å². The minimum atomic E-state index is -0.193. The van der Waals surface area contributed by atoms with Gasteiger partial charge in [0.25, 0.3) is 0 Å². The van der Waals surface area contributed by atoms with Crippen LogP contribution in [0.25, 0.3) is 0 Å². The van der Waals surface area contributed by atoms with Crippen molar-refractivity contribution >= 4 is 28.4 Å². The van der Waals surface area contributed by atoms with Crippen LogP contribution in [0.3, 0.4) is 0 Å². The first-order valence-corrected chi connectivity index (χ1v) is 7.33. The predicted octanol–water partition coefficient (Wildman–Crippen LogP) is 1.91. The average molecular weight is 250 g/mol. The summed E-state index contributed by atoms with van der Waals surface area (Å²) in [5.41, 5.74) is 0. The molecule has 0 aromatic carbocycles. The Morgan fingerprint density at radius 1 is 1.47 bits per heavy atom. The number of carbonyl (C=O) groups excluding carboxylic acids is 1. The van der Waals surface area contributed by atoms with Crippen LogP contribution in [-0.2, 0) is 9.53 Å². The number of hydrogen-bond acceptors (Lipinski definition) is 5. The molecule has 0 saturated heterocycles. The Balaban J connectivity index is 2.17. The van der Waals surface area contributed by atoms with E-state index in [-0.39, 0.29) is 12.6 Å². The molecule has 1 rings (SSSR count). The number of rotatable bonds is 5. The number of carbonyl (C=O) groups is 1. The number of aliphatic hydroxyl groups excluding tert-OH is 1. The smallest absolute Gasteiger partial charge is 0.316 e. The van der Waals surface area contributed by atoms with Crippen molar-refractivity contribution in [2.45, 2.75) is 25.7 Å². The van der Waals surface area contributed by atoms with Crippen LogP contribution in [0.2, 0.25) is 0 Å². The maximum Gasteiger partial charge on any atom is 0.316 e. The van der Waals surface area contributed by atoms with Crippen molar-refractivity contribution in [1.29, 1.82) is 0 Å². The van der Waals surface area contributed by atoms with Gasteiger partial charge < -0.3 is 9.84 Å². The van der Waals surface area contributed by atoms with Crippen LogP contribution in [0.15, 0.2) is 0 Å². The molecule has 1 aliphatic rings. The maximum atomic E-state index is 11.1. The van der Waals surface area contributed by atoms with Gasteiger partial charge in [0, 0.05) is 6.61 Å². The third kappa shape index (κ3) is 5.13. The SMILES string of the molecule is O=C(CSS)OCC1CCCC(CO)C1. The highest BCUT2D eigenvalue weighted by molar-refractivity contribution is 8.68. The van der Waals surface area contributed by atoms with E-state index in [0.717, 1.165) is 25.7 Å². The molecule has 15 heavy (non-hydrogen) atoms. The molecule has 3 nitrogen and oxygen atoms in total. The second-order valence-electron chi connectivity index (χ2n) is 4.04. The summed E-state index contributed by atoms with van der Waals surface area (Å²) in [4.78, 5) is 11.1. The lowest BCUT2D eigenvalue weighted by atomic mass is 9.82. The van der Waals surface area contributed by atoms with E-state index in [0.29, 0.717) is 24.2 Å². The zero-order chi connectivity index (χ0) is 11.1. The molecule has 0 heterocycles. The second kappa shape index (κ2) is 7.41. The molecule has 0 radical (unpaired) electrons. The van der Waals surface area contributed by atoms with Crippen molar-refractivity contribution in [2.75, 3.05) is 19.0 Å². The molecule has 0 amide bonds. The highest BCUT2D eigenvalue weighted by Crippen LogP contribution is 2.28. The summed E-state index contributed by atoms with van der Waals surface area (Å²) in [5.74, 6) is 0.951. The molecule has 88 valence electrons. The summed E-state index contributed by atoms with van der Waals surface area (Å²) in [6, 6.07) is 0. The van der Waals surface area contributed by atoms with Gasteiger partial charge in [-0.05, 0) is 31.1 Å². The lowest BCUT2D eigenvalue weighted by Crippen LogP contribution is -2.23. The van der Waals surface area contributed by atoms with Crippen molar-refractivity contribution in [3.63, 3.8) is 0 Å². The molecule has 0 spiro atoms. The van der Waals surface area contributed by atoms with E-state index < -0.39 is 0 Å². The fourth-order valence-corrected chi connectivity index (χ4v) is 2.53. The Labute approximate surface area is 99.8 Å². The predicted molar refractivity (Wildman–Crippen MR) is 64.9 cm³/mol. The zero-order valence-electron chi connectivity index (χ0n) is 8.72. The first kappa shape index (κ1) is 13.2. The highest BCUT2D eigenvalue weighted by Gasteiger charge is 2.22. The minimum Gasteiger partial charge on any atom is -0.465 e. The van der Waals surface area contributed by atoms with Crippen molar-refractivity contribution in [3.05, 3.63) is 0 Å². The summed E-state index contributed by atoms with van der Waals surface area (Å²) in [6.07, 6.45) is 4.33. The minimum absolute atomic E-state index is 0.193. The number of esters is 1. The summed E-state index contributed by atoms with van der Waals surface area (Å²) in [6.45, 7) is 0.764. The van der Waals surface area contributed by atoms with Gasteiger partial charge in [-0.15, -0.1) is 11.7 Å². The normalized spacial score (nSPS) is 26.3. The van der Waals surface area contributed by atoms with Gasteiger partial charge in [-0.1, -0.05) is 17.2 Å². The summed E-state index contributed by atoms with van der Waals surface area (Å²) in [7, 11) is 1.18. The van der Waals surface area contributed by atoms with Crippen molar-refractivity contribution < 1.29 is 14.6 Å². The van der Waals surface area contributed by atoms with E-state index in [4.69, 9.17) is 9.84 Å². The highest BCUT2D eigenvalue weighted by atomic mass is 33.1. The van der Waals surface area contributed by atoms with Crippen LogP contribution < -0.4 is 0 Å². The van der Waals surface area contributed by atoms with Crippen LogP contribution in [0.5, 0.6) is 0 Å². The standard InChI is InChI=1S/C10H18O3S2/c11-5-8-2-1-3-9(4-8)6-13-10(12)7-15-14/h8-9,11,14H,1-7H2. The lowest BCUT2D eigenvalue weighted by molar-refractivity contribution is -0.142. The molecule has 0 aromatic heterocycles. The van der Waals surface area contributed by atoms with Crippen LogP contribution in [-0.4, -0.2) is 30.0 Å². The maximum absolute atomic E-state index is 11.1. The van der Waals surface area contributed by atoms with Gasteiger partial charge >= 0.3 is 5.97 Å². The Morgan fingerprint density at radius 3 is 2.87 bits per heavy atom. The molecular weight excluding hydrogens is 232 g/mol. The Hall–Kier alpha value is 0.130. The van der Waals surface area contributed by atoms with Gasteiger partial charge in [0.15, 0.2) is 0 Å². The summed E-state index contributed by atoms with van der Waals surface area (Å²) in [5, 5.41) is 9.05. The van der Waals surface area contributed by atoms with Crippen molar-refractivity contribution in [2.24, 2.45) is 11.8 Å². The van der Waals surface area contributed by atoms with E-state index in [1.165, 1.54) is 10.8 Å². The van der Waals surface area contributed by atoms with E-state index >= 15 is 0 Å². The zero-order valence-corrected chi connectivity index (χ0v) is 10.4. The molecule has 0 aliphatic heterocycles. The molecule has 0 bridgehead atoms. The van der Waals surface area contributed by atoms with Gasteiger partial charge in [-0.25, -0.2) is 0 Å². The Morgan fingerprint density at radius 2 is 2.20 bits per heavy atom. The number of ether oxygens (including phenoxy) is 1. The number of aliphatic hydroxyl groups is 1. The molecule has 1 aliphatic carbocycles. The van der Waals surface area contributed by atoms with Gasteiger partial charge in [-0.2, -0.15) is 0 Å². The van der Waals surface area contributed by atoms with E-state index in [1.54, 1.807) is 0 Å². The van der Waals surface area contributed by atoms with Gasteiger partial charge in [-0.3, -0.25) is 4.79 Å². The molecule has 5 heteroatoms. The molecule has 1 N–H and O–H groups in total. The second-order valence-corrected chi connectivity index (χ2v) is 5.36. The summed E-state index contributed by atoms with van der Waals surface area (Å²) >= 11 is 3.89. The van der Waals surface area contributed by atoms with E-state index in [2.05, 4.69) is 11.7 Å². The molecule has 1 saturated carbocycles. The van der Waals surface area contributed by atoms with E-state index in [1.807, 2.05) is 0 Å². The number of hydrogen-bond donors (Lipinski definition) is 2. The third-order valence-corrected chi connectivity index (χ3v) is 3.56. The first-order valence-electron chi connectivity index (χ1n) is 5.29. The third-order valence-electron chi connectivity index (χ3n) is 2.81. The fraction of sp³-hybridized carbons (Fsp3) is 0.900. The average Bonchev–Trinajstić information content (AvgIpc) is 2.27. The Bertz CT molecular complexity index is 199. The molecule has 1 fully saturated rings. The first-order chi connectivity index (χ1) is 7.26. The Kier molecular flexibility index (Phi) is 6.52. The molecule has 0 aromatic rings. The van der Waals surface area contributed by atoms with Crippen molar-refractivity contribution in [3.8, 4) is 0 Å². The van der Waals surface area contributed by atoms with Gasteiger partial charge in [0.05, 0.1) is 6.61 Å². The van der Waals surface area contributed by atoms with Crippen molar-refractivity contribution in [1.82, 2.24) is 0 Å². The number of thiol groups is 1. The lowest BCUT2D eigenvalue weighted by Gasteiger charge is -2.27. The van der Waals surface area contributed by atoms with Gasteiger partial charge in [0.2, 0.25) is 0 Å². The molecule has 2 unspecified atom stereocenters. The van der Waals surface area contributed by atoms with Crippen LogP contribution in [0.1, 0.15) is 25.7 Å². The van der Waals surface area contributed by atoms with Gasteiger partial charge in [0.1, 0.15) is 5.75 Å². The van der Waals surface area contributed by atoms with Crippen LogP contribution in [0.4, 0.5) is 0 Å². The monoisotopic (exact) mass is 250 g/mol. The molecular formula is C10H18O3S2.